The van der Waals surface area contributed by atoms with Crippen molar-refractivity contribution < 1.29 is 29.0 Å². The number of carboxylic acid groups (broad SMARTS) is 1. The molecule has 5 aromatic rings. The number of aromatic amines is 2. The second-order valence-corrected chi connectivity index (χ2v) is 20.8. The summed E-state index contributed by atoms with van der Waals surface area (Å²) in [4.78, 5) is 58.9. The number of benzene rings is 3. The van der Waals surface area contributed by atoms with E-state index >= 15 is 0 Å². The average molecular weight is 940 g/mol. The molecule has 15 heteroatoms. The highest BCUT2D eigenvalue weighted by molar-refractivity contribution is 5.87. The van der Waals surface area contributed by atoms with Crippen LogP contribution in [0.4, 0.5) is 15.3 Å². The maximum atomic E-state index is 13.8. The molecule has 3 aromatic carbocycles. The molecule has 4 amide bonds. The third kappa shape index (κ3) is 10.1. The summed E-state index contributed by atoms with van der Waals surface area (Å²) in [7, 11) is 2.77. The van der Waals surface area contributed by atoms with Crippen LogP contribution in [0.15, 0.2) is 84.9 Å². The van der Waals surface area contributed by atoms with Gasteiger partial charge >= 0.3 is 12.2 Å². The van der Waals surface area contributed by atoms with Gasteiger partial charge in [-0.2, -0.15) is 10.2 Å². The molecule has 4 N–H and O–H groups in total. The van der Waals surface area contributed by atoms with E-state index in [4.69, 9.17) is 14.9 Å². The number of hydrogen-bond acceptors (Lipinski definition) is 8. The zero-order chi connectivity index (χ0) is 49.3. The van der Waals surface area contributed by atoms with E-state index in [9.17, 15) is 24.3 Å². The Balaban J connectivity index is 1.01. The monoisotopic (exact) mass is 940 g/mol. The number of amides is 4. The van der Waals surface area contributed by atoms with Gasteiger partial charge in [0.2, 0.25) is 11.8 Å². The summed E-state index contributed by atoms with van der Waals surface area (Å²) < 4.78 is 4.81. The Kier molecular flexibility index (Phi) is 14.2. The van der Waals surface area contributed by atoms with E-state index in [1.165, 1.54) is 36.5 Å². The Bertz CT molecular complexity index is 2600. The lowest BCUT2D eigenvalue weighted by Gasteiger charge is -2.34. The van der Waals surface area contributed by atoms with Crippen molar-refractivity contribution in [1.29, 1.82) is 0 Å². The second-order valence-electron chi connectivity index (χ2n) is 20.8. The lowest BCUT2D eigenvalue weighted by Crippen LogP contribution is -2.51. The molecule has 0 bridgehead atoms. The standard InChI is InChI=1S/C54H69N9O6/c1-32(2)48(55-52(66)69-9)50(64)61-28-10-12-46(61)42-30-40(56-58-42)34-14-18-36(19-15-34)44-26-27-45(63(44)39-24-22-38(23-25-39)54(5,6)7)37-20-16-35(17-21-37)41-31-43(59-57-41)47-13-11-29-62(47)51(65)49(33(3)4)60(8)53(67)68/h14-25,30-33,44-49H,10-13,26-29H2,1-9H3,(H,55,66)(H,56,58)(H,57,59)(H,67,68)/t44-,45-,46+,47+,48+,49+/m1/s1. The van der Waals surface area contributed by atoms with Gasteiger partial charge < -0.3 is 29.9 Å². The minimum Gasteiger partial charge on any atom is -0.465 e. The summed E-state index contributed by atoms with van der Waals surface area (Å²) in [6, 6.07) is 28.9. The van der Waals surface area contributed by atoms with Crippen molar-refractivity contribution in [3.8, 4) is 22.5 Å². The van der Waals surface area contributed by atoms with E-state index in [1.807, 2.05) is 49.6 Å². The molecule has 69 heavy (non-hydrogen) atoms. The Morgan fingerprint density at radius 2 is 1.17 bits per heavy atom. The van der Waals surface area contributed by atoms with Crippen molar-refractivity contribution in [2.24, 2.45) is 11.8 Å². The van der Waals surface area contributed by atoms with Gasteiger partial charge in [-0.3, -0.25) is 24.7 Å². The summed E-state index contributed by atoms with van der Waals surface area (Å²) in [5.41, 5.74) is 10.2. The van der Waals surface area contributed by atoms with Crippen LogP contribution in [0.5, 0.6) is 0 Å². The van der Waals surface area contributed by atoms with Crippen LogP contribution in [-0.4, -0.2) is 104 Å². The van der Waals surface area contributed by atoms with Crippen molar-refractivity contribution in [2.45, 2.75) is 129 Å². The molecule has 0 unspecified atom stereocenters. The number of likely N-dealkylation sites (tertiary alicyclic amines) is 2. The Hall–Kier alpha value is -6.64. The van der Waals surface area contributed by atoms with Crippen molar-refractivity contribution in [3.05, 3.63) is 113 Å². The maximum absolute atomic E-state index is 13.8. The SMILES string of the molecule is COC(=O)N[C@H](C(=O)N1CCC[C@H]1c1cc(-c2ccc([C@H]3CC[C@H](c4ccc(-c5cc([C@@H]6CCCN6C(=O)[C@H](C(C)C)N(C)C(=O)O)[nH]n5)cc4)N3c3ccc(C(C)(C)C)cc3)cc2)n[nH]1)C(C)C. The molecular weight excluding hydrogens is 871 g/mol. The minimum absolute atomic E-state index is 0.0230. The fraction of sp³-hybridized carbons (Fsp3) is 0.481. The maximum Gasteiger partial charge on any atom is 0.407 e. The summed E-state index contributed by atoms with van der Waals surface area (Å²) in [6.07, 6.45) is 3.46. The molecule has 5 heterocycles. The quantitative estimate of drug-likeness (QED) is 0.0894. The molecule has 3 fully saturated rings. The first-order chi connectivity index (χ1) is 32.9. The number of H-pyrrole nitrogens is 2. The number of carbonyl (C=O) groups is 4. The normalized spacial score (nSPS) is 20.4. The molecule has 2 aromatic heterocycles. The molecule has 8 rings (SSSR count). The molecule has 15 nitrogen and oxygen atoms in total. The van der Waals surface area contributed by atoms with E-state index < -0.39 is 24.3 Å². The molecule has 0 aliphatic carbocycles. The molecule has 0 saturated carbocycles. The third-order valence-electron chi connectivity index (χ3n) is 14.6. The van der Waals surface area contributed by atoms with Crippen LogP contribution in [0.3, 0.4) is 0 Å². The molecule has 0 spiro atoms. The first-order valence-electron chi connectivity index (χ1n) is 24.6. The predicted octanol–water partition coefficient (Wildman–Crippen LogP) is 10.2. The topological polar surface area (TPSA) is 180 Å². The number of nitrogens with zero attached hydrogens (tertiary/aromatic N) is 6. The Labute approximate surface area is 406 Å². The van der Waals surface area contributed by atoms with Crippen LogP contribution >= 0.6 is 0 Å². The van der Waals surface area contributed by atoms with Gasteiger partial charge in [-0.15, -0.1) is 0 Å². The van der Waals surface area contributed by atoms with Gasteiger partial charge in [0, 0.05) is 37.0 Å². The van der Waals surface area contributed by atoms with Gasteiger partial charge in [0.1, 0.15) is 12.1 Å². The van der Waals surface area contributed by atoms with E-state index in [2.05, 4.69) is 114 Å². The van der Waals surface area contributed by atoms with Gasteiger partial charge in [0.25, 0.3) is 0 Å². The number of likely N-dealkylation sites (N-methyl/N-ethyl adjacent to an activating group) is 1. The number of rotatable bonds is 13. The number of carbonyl (C=O) groups excluding carboxylic acids is 3. The molecule has 3 aliphatic rings. The molecule has 3 aliphatic heterocycles. The van der Waals surface area contributed by atoms with Gasteiger partial charge in [-0.05, 0) is 96.7 Å². The number of alkyl carbamates (subject to hydrolysis) is 1. The number of aromatic nitrogens is 4. The van der Waals surface area contributed by atoms with Crippen LogP contribution in [0.1, 0.15) is 139 Å². The minimum atomic E-state index is -1.12. The predicted molar refractivity (Wildman–Crippen MR) is 266 cm³/mol. The highest BCUT2D eigenvalue weighted by Gasteiger charge is 2.41. The average Bonchev–Trinajstić information content (AvgIpc) is 4.20. The van der Waals surface area contributed by atoms with E-state index in [-0.39, 0.29) is 53.2 Å². The smallest absolute Gasteiger partial charge is 0.407 e. The van der Waals surface area contributed by atoms with Crippen molar-refractivity contribution >= 4 is 29.7 Å². The summed E-state index contributed by atoms with van der Waals surface area (Å²) >= 11 is 0. The second kappa shape index (κ2) is 20.1. The fourth-order valence-electron chi connectivity index (χ4n) is 10.8. The van der Waals surface area contributed by atoms with E-state index in [0.29, 0.717) is 13.1 Å². The zero-order valence-corrected chi connectivity index (χ0v) is 41.5. The van der Waals surface area contributed by atoms with Crippen LogP contribution in [-0.2, 0) is 19.7 Å². The first kappa shape index (κ1) is 48.8. The van der Waals surface area contributed by atoms with Crippen LogP contribution < -0.4 is 10.2 Å². The highest BCUT2D eigenvalue weighted by Crippen LogP contribution is 2.48. The van der Waals surface area contributed by atoms with E-state index in [1.54, 1.807) is 0 Å². The molecular formula is C54H69N9O6. The number of hydrogen-bond donors (Lipinski definition) is 4. The van der Waals surface area contributed by atoms with Crippen LogP contribution in [0.25, 0.3) is 22.5 Å². The summed E-state index contributed by atoms with van der Waals surface area (Å²) in [6.45, 7) is 15.5. The van der Waals surface area contributed by atoms with Crippen LogP contribution in [0.2, 0.25) is 0 Å². The Morgan fingerprint density at radius 3 is 1.59 bits per heavy atom. The lowest BCUT2D eigenvalue weighted by atomic mass is 9.87. The van der Waals surface area contributed by atoms with Crippen molar-refractivity contribution in [1.82, 2.24) is 40.4 Å². The van der Waals surface area contributed by atoms with Crippen molar-refractivity contribution in [2.75, 3.05) is 32.1 Å². The summed E-state index contributed by atoms with van der Waals surface area (Å²) in [5, 5.41) is 28.3. The number of anilines is 1. The van der Waals surface area contributed by atoms with Gasteiger partial charge in [-0.1, -0.05) is 109 Å². The number of nitrogens with one attached hydrogen (secondary N) is 3. The lowest BCUT2D eigenvalue weighted by molar-refractivity contribution is -0.138. The zero-order valence-electron chi connectivity index (χ0n) is 41.5. The summed E-state index contributed by atoms with van der Waals surface area (Å²) in [5.74, 6) is -0.585. The highest BCUT2D eigenvalue weighted by atomic mass is 16.5. The fourth-order valence-corrected chi connectivity index (χ4v) is 10.8. The number of ether oxygens (including phenoxy) is 1. The molecule has 6 atom stereocenters. The molecule has 3 saturated heterocycles. The Morgan fingerprint density at radius 1 is 0.696 bits per heavy atom. The van der Waals surface area contributed by atoms with Gasteiger partial charge in [-0.25, -0.2) is 9.59 Å². The van der Waals surface area contributed by atoms with Crippen LogP contribution in [0, 0.1) is 11.8 Å². The van der Waals surface area contributed by atoms with Crippen molar-refractivity contribution in [3.63, 3.8) is 0 Å². The van der Waals surface area contributed by atoms with E-state index in [0.717, 1.165) is 77.3 Å². The molecule has 366 valence electrons. The van der Waals surface area contributed by atoms with Gasteiger partial charge in [0.15, 0.2) is 0 Å². The first-order valence-corrected chi connectivity index (χ1v) is 24.6. The number of methoxy groups -OCH3 is 1. The third-order valence-corrected chi connectivity index (χ3v) is 14.6. The van der Waals surface area contributed by atoms with Gasteiger partial charge in [0.05, 0.1) is 54.1 Å². The largest absolute Gasteiger partial charge is 0.465 e. The molecule has 0 radical (unpaired) electrons.